The Labute approximate surface area is 124 Å². The van der Waals surface area contributed by atoms with Crippen LogP contribution in [0.15, 0.2) is 18.5 Å². The molecule has 2 rings (SSSR count). The van der Waals surface area contributed by atoms with E-state index in [1.54, 1.807) is 18.5 Å². The van der Waals surface area contributed by atoms with E-state index in [4.69, 9.17) is 16.3 Å². The lowest BCUT2D eigenvalue weighted by atomic mass is 9.77. The Balaban J connectivity index is 2.17. The largest absolute Gasteiger partial charge is 0.494 e. The topological polar surface area (TPSA) is 51.2 Å². The van der Waals surface area contributed by atoms with Gasteiger partial charge in [0.2, 0.25) is 0 Å². The second-order valence-electron chi connectivity index (χ2n) is 5.65. The van der Waals surface area contributed by atoms with Gasteiger partial charge in [-0.05, 0) is 24.8 Å². The van der Waals surface area contributed by atoms with E-state index in [2.05, 4.69) is 17.2 Å². The molecule has 110 valence electrons. The lowest BCUT2D eigenvalue weighted by molar-refractivity contribution is 0.0864. The van der Waals surface area contributed by atoms with Crippen molar-refractivity contribution in [2.24, 2.45) is 5.92 Å². The normalized spacial score (nSPS) is 26.1. The Hall–Kier alpha value is -1.29. The van der Waals surface area contributed by atoms with E-state index in [1.807, 2.05) is 0 Å². The van der Waals surface area contributed by atoms with Crippen molar-refractivity contribution < 1.29 is 9.53 Å². The lowest BCUT2D eigenvalue weighted by Gasteiger charge is -2.39. The van der Waals surface area contributed by atoms with Crippen LogP contribution < -0.4 is 10.1 Å². The first-order chi connectivity index (χ1) is 9.60. The molecule has 0 bridgehead atoms. The molecule has 1 saturated carbocycles. The molecule has 2 atom stereocenters. The van der Waals surface area contributed by atoms with Gasteiger partial charge in [0.1, 0.15) is 5.75 Å². The number of alkyl halides is 1. The van der Waals surface area contributed by atoms with Crippen LogP contribution >= 0.6 is 11.6 Å². The first kappa shape index (κ1) is 15.1. The van der Waals surface area contributed by atoms with Crippen molar-refractivity contribution in [1.82, 2.24) is 10.3 Å². The highest BCUT2D eigenvalue weighted by atomic mass is 35.5. The van der Waals surface area contributed by atoms with Gasteiger partial charge in [-0.1, -0.05) is 19.8 Å². The van der Waals surface area contributed by atoms with Crippen molar-refractivity contribution in [2.45, 2.75) is 38.1 Å². The summed E-state index contributed by atoms with van der Waals surface area (Å²) in [5, 5.41) is 3.12. The summed E-state index contributed by atoms with van der Waals surface area (Å²) in [4.78, 5) is 16.4. The van der Waals surface area contributed by atoms with Crippen molar-refractivity contribution in [3.05, 3.63) is 24.0 Å². The first-order valence-electron chi connectivity index (χ1n) is 6.97. The monoisotopic (exact) mass is 296 g/mol. The zero-order valence-corrected chi connectivity index (χ0v) is 12.7. The molecule has 1 aliphatic carbocycles. The molecule has 0 spiro atoms. The van der Waals surface area contributed by atoms with Gasteiger partial charge in [0.15, 0.2) is 0 Å². The predicted molar refractivity (Wildman–Crippen MR) is 79.3 cm³/mol. The number of amides is 1. The van der Waals surface area contributed by atoms with Gasteiger partial charge >= 0.3 is 0 Å². The summed E-state index contributed by atoms with van der Waals surface area (Å²) in [6.45, 7) is 2.21. The molecular formula is C15H21ClN2O2. The second kappa shape index (κ2) is 6.44. The Morgan fingerprint density at radius 1 is 1.65 bits per heavy atom. The highest BCUT2D eigenvalue weighted by Gasteiger charge is 2.36. The zero-order chi connectivity index (χ0) is 14.6. The number of rotatable bonds is 4. The molecule has 1 heterocycles. The SMILES string of the molecule is COc1cnccc1C(=O)NC1(CCl)CCCC(C)C1. The predicted octanol–water partition coefficient (Wildman–Crippen LogP) is 3.01. The van der Waals surface area contributed by atoms with Gasteiger partial charge in [0.25, 0.3) is 5.91 Å². The van der Waals surface area contributed by atoms with E-state index in [-0.39, 0.29) is 11.4 Å². The number of carbonyl (C=O) groups excluding carboxylic acids is 1. The quantitative estimate of drug-likeness (QED) is 0.869. The number of hydrogen-bond donors (Lipinski definition) is 1. The van der Waals surface area contributed by atoms with Crippen molar-refractivity contribution in [3.63, 3.8) is 0 Å². The second-order valence-corrected chi connectivity index (χ2v) is 5.91. The molecule has 1 amide bonds. The number of hydrogen-bond acceptors (Lipinski definition) is 3. The lowest BCUT2D eigenvalue weighted by Crippen LogP contribution is -2.52. The number of pyridine rings is 1. The number of ether oxygens (including phenoxy) is 1. The highest BCUT2D eigenvalue weighted by molar-refractivity contribution is 6.19. The van der Waals surface area contributed by atoms with Crippen LogP contribution in [-0.4, -0.2) is 29.4 Å². The zero-order valence-electron chi connectivity index (χ0n) is 12.0. The van der Waals surface area contributed by atoms with Crippen LogP contribution in [0.1, 0.15) is 43.0 Å². The third-order valence-corrected chi connectivity index (χ3v) is 4.49. The van der Waals surface area contributed by atoms with Crippen molar-refractivity contribution in [2.75, 3.05) is 13.0 Å². The summed E-state index contributed by atoms with van der Waals surface area (Å²) in [5.41, 5.74) is 0.204. The van der Waals surface area contributed by atoms with Gasteiger partial charge in [-0.25, -0.2) is 0 Å². The number of aromatic nitrogens is 1. The number of methoxy groups -OCH3 is 1. The minimum atomic E-state index is -0.301. The minimum Gasteiger partial charge on any atom is -0.494 e. The fourth-order valence-electron chi connectivity index (χ4n) is 2.97. The molecule has 1 fully saturated rings. The molecule has 0 saturated heterocycles. The maximum Gasteiger partial charge on any atom is 0.255 e. The van der Waals surface area contributed by atoms with E-state index in [0.29, 0.717) is 23.1 Å². The van der Waals surface area contributed by atoms with Crippen LogP contribution in [0.4, 0.5) is 0 Å². The summed E-state index contributed by atoms with van der Waals surface area (Å²) in [7, 11) is 1.54. The van der Waals surface area contributed by atoms with Crippen LogP contribution in [0.3, 0.4) is 0 Å². The standard InChI is InChI=1S/C15H21ClN2O2/c1-11-4-3-6-15(8-11,10-16)18-14(19)12-5-7-17-9-13(12)20-2/h5,7,9,11H,3-4,6,8,10H2,1-2H3,(H,18,19). The van der Waals surface area contributed by atoms with E-state index >= 15 is 0 Å². The van der Waals surface area contributed by atoms with E-state index in [9.17, 15) is 4.79 Å². The Kier molecular flexibility index (Phi) is 4.86. The molecule has 4 nitrogen and oxygen atoms in total. The van der Waals surface area contributed by atoms with Gasteiger partial charge in [0.05, 0.1) is 24.4 Å². The molecule has 0 radical (unpaired) electrons. The van der Waals surface area contributed by atoms with Crippen molar-refractivity contribution >= 4 is 17.5 Å². The summed E-state index contributed by atoms with van der Waals surface area (Å²) < 4.78 is 5.19. The van der Waals surface area contributed by atoms with Crippen LogP contribution in [0, 0.1) is 5.92 Å². The van der Waals surface area contributed by atoms with Crippen molar-refractivity contribution in [3.8, 4) is 5.75 Å². The number of nitrogens with zero attached hydrogens (tertiary/aromatic N) is 1. The van der Waals surface area contributed by atoms with Gasteiger partial charge < -0.3 is 10.1 Å². The minimum absolute atomic E-state index is 0.140. The molecule has 1 N–H and O–H groups in total. The molecule has 1 aliphatic rings. The maximum absolute atomic E-state index is 12.5. The summed E-state index contributed by atoms with van der Waals surface area (Å²) >= 11 is 6.15. The van der Waals surface area contributed by atoms with E-state index in [0.717, 1.165) is 19.3 Å². The van der Waals surface area contributed by atoms with Gasteiger partial charge in [0, 0.05) is 12.1 Å². The Bertz CT molecular complexity index is 481. The fourth-order valence-corrected chi connectivity index (χ4v) is 3.28. The highest BCUT2D eigenvalue weighted by Crippen LogP contribution is 2.33. The molecule has 5 heteroatoms. The number of carbonyl (C=O) groups is 1. The first-order valence-corrected chi connectivity index (χ1v) is 7.50. The van der Waals surface area contributed by atoms with E-state index < -0.39 is 0 Å². The van der Waals surface area contributed by atoms with Gasteiger partial charge in [-0.2, -0.15) is 0 Å². The molecule has 1 aromatic heterocycles. The molecular weight excluding hydrogens is 276 g/mol. The smallest absolute Gasteiger partial charge is 0.255 e. The third kappa shape index (κ3) is 3.23. The average molecular weight is 297 g/mol. The van der Waals surface area contributed by atoms with Gasteiger partial charge in [-0.3, -0.25) is 9.78 Å². The number of nitrogens with one attached hydrogen (secondary N) is 1. The Morgan fingerprint density at radius 3 is 3.10 bits per heavy atom. The van der Waals surface area contributed by atoms with Gasteiger partial charge in [-0.15, -0.1) is 11.6 Å². The Morgan fingerprint density at radius 2 is 2.45 bits per heavy atom. The van der Waals surface area contributed by atoms with Crippen LogP contribution in [0.25, 0.3) is 0 Å². The molecule has 20 heavy (non-hydrogen) atoms. The van der Waals surface area contributed by atoms with Crippen molar-refractivity contribution in [1.29, 1.82) is 0 Å². The third-order valence-electron chi connectivity index (χ3n) is 3.98. The molecule has 2 unspecified atom stereocenters. The fraction of sp³-hybridized carbons (Fsp3) is 0.600. The van der Waals surface area contributed by atoms with E-state index in [1.165, 1.54) is 13.5 Å². The summed E-state index contributed by atoms with van der Waals surface area (Å²) in [6.07, 6.45) is 7.30. The van der Waals surface area contributed by atoms with Crippen LogP contribution in [-0.2, 0) is 0 Å². The molecule has 0 aliphatic heterocycles. The van der Waals surface area contributed by atoms with Crippen LogP contribution in [0.5, 0.6) is 5.75 Å². The van der Waals surface area contributed by atoms with Crippen LogP contribution in [0.2, 0.25) is 0 Å². The average Bonchev–Trinajstić information content (AvgIpc) is 2.47. The summed E-state index contributed by atoms with van der Waals surface area (Å²) in [6, 6.07) is 1.67. The number of halogens is 1. The summed E-state index contributed by atoms with van der Waals surface area (Å²) in [5.74, 6) is 1.37. The molecule has 1 aromatic rings. The maximum atomic E-state index is 12.5. The molecule has 0 aromatic carbocycles.